The number of carbonyl (C=O) groups excluding carboxylic acids is 1. The van der Waals surface area contributed by atoms with E-state index in [-0.39, 0.29) is 29.9 Å². The number of likely N-dealkylation sites (tertiary alicyclic amines) is 2. The van der Waals surface area contributed by atoms with Gasteiger partial charge in [-0.1, -0.05) is 42.0 Å². The third-order valence-electron chi connectivity index (χ3n) is 5.83. The van der Waals surface area contributed by atoms with Crippen LogP contribution in [0.2, 0.25) is 0 Å². The van der Waals surface area contributed by atoms with Gasteiger partial charge in [0.15, 0.2) is 5.96 Å². The molecule has 0 aromatic heterocycles. The molecule has 2 saturated heterocycles. The smallest absolute Gasteiger partial charge is 0.224 e. The van der Waals surface area contributed by atoms with E-state index >= 15 is 0 Å². The maximum atomic E-state index is 12.5. The first-order valence-corrected chi connectivity index (χ1v) is 10.7. The average Bonchev–Trinajstić information content (AvgIpc) is 2.73. The van der Waals surface area contributed by atoms with Crippen molar-refractivity contribution in [3.05, 3.63) is 41.5 Å². The Morgan fingerprint density at radius 3 is 2.55 bits per heavy atom. The summed E-state index contributed by atoms with van der Waals surface area (Å²) in [5, 5.41) is 3.40. The van der Waals surface area contributed by atoms with Gasteiger partial charge in [-0.05, 0) is 44.6 Å². The van der Waals surface area contributed by atoms with Gasteiger partial charge in [-0.3, -0.25) is 9.79 Å². The topological polar surface area (TPSA) is 47.9 Å². The van der Waals surface area contributed by atoms with Crippen molar-refractivity contribution in [1.29, 1.82) is 0 Å². The summed E-state index contributed by atoms with van der Waals surface area (Å²) < 4.78 is 0. The lowest BCUT2D eigenvalue weighted by molar-refractivity contribution is -0.134. The van der Waals surface area contributed by atoms with E-state index in [0.29, 0.717) is 19.0 Å². The van der Waals surface area contributed by atoms with Gasteiger partial charge in [0.05, 0.1) is 0 Å². The second-order valence-electron chi connectivity index (χ2n) is 7.86. The summed E-state index contributed by atoms with van der Waals surface area (Å²) in [4.78, 5) is 21.3. The Morgan fingerprint density at radius 1 is 1.17 bits per heavy atom. The third-order valence-corrected chi connectivity index (χ3v) is 5.83. The van der Waals surface area contributed by atoms with E-state index in [2.05, 4.69) is 63.4 Å². The van der Waals surface area contributed by atoms with Gasteiger partial charge in [0, 0.05) is 45.7 Å². The zero-order valence-corrected chi connectivity index (χ0v) is 20.1. The van der Waals surface area contributed by atoms with Crippen molar-refractivity contribution in [3.8, 4) is 0 Å². The Hall–Kier alpha value is -1.57. The van der Waals surface area contributed by atoms with Crippen LogP contribution in [0.5, 0.6) is 0 Å². The van der Waals surface area contributed by atoms with Crippen molar-refractivity contribution in [2.75, 3.05) is 33.2 Å². The van der Waals surface area contributed by atoms with E-state index in [0.717, 1.165) is 51.3 Å². The number of amides is 1. The molecule has 1 atom stereocenters. The van der Waals surface area contributed by atoms with Crippen LogP contribution in [0.25, 0.3) is 6.08 Å². The molecule has 6 heteroatoms. The first-order chi connectivity index (χ1) is 13.7. The summed E-state index contributed by atoms with van der Waals surface area (Å²) in [5.74, 6) is 1.18. The molecular weight excluding hydrogens is 475 g/mol. The lowest BCUT2D eigenvalue weighted by atomic mass is 10.0. The Bertz CT molecular complexity index is 694. The minimum Gasteiger partial charge on any atom is -0.356 e. The van der Waals surface area contributed by atoms with E-state index in [9.17, 15) is 4.79 Å². The highest BCUT2D eigenvalue weighted by Crippen LogP contribution is 2.20. The Balaban J connectivity index is 0.00000300. The van der Waals surface area contributed by atoms with E-state index in [1.165, 1.54) is 17.6 Å². The highest BCUT2D eigenvalue weighted by molar-refractivity contribution is 14.0. The molecule has 0 radical (unpaired) electrons. The summed E-state index contributed by atoms with van der Waals surface area (Å²) >= 11 is 0. The van der Waals surface area contributed by atoms with Gasteiger partial charge in [-0.15, -0.1) is 24.0 Å². The fraction of sp³-hybridized carbons (Fsp3) is 0.565. The maximum absolute atomic E-state index is 12.5. The molecule has 3 rings (SSSR count). The molecule has 2 aliphatic heterocycles. The number of carbonyl (C=O) groups is 1. The van der Waals surface area contributed by atoms with Crippen LogP contribution in [-0.2, 0) is 4.79 Å². The number of rotatable bonds is 4. The molecule has 0 spiro atoms. The number of guanidine groups is 1. The molecule has 2 aliphatic rings. The van der Waals surface area contributed by atoms with Gasteiger partial charge < -0.3 is 15.1 Å². The second-order valence-corrected chi connectivity index (χ2v) is 7.86. The molecule has 2 fully saturated rings. The van der Waals surface area contributed by atoms with Crippen LogP contribution in [0.3, 0.4) is 0 Å². The highest BCUT2D eigenvalue weighted by Gasteiger charge is 2.23. The normalized spacial score (nSPS) is 20.1. The SMILES string of the molecule is CN=C(NCCC(=O)N1CCCCC1C)N1CCC(=Cc2ccccc2)CC1.I. The summed E-state index contributed by atoms with van der Waals surface area (Å²) in [7, 11) is 1.83. The zero-order chi connectivity index (χ0) is 19.8. The lowest BCUT2D eigenvalue weighted by Crippen LogP contribution is -2.46. The number of nitrogens with zero attached hydrogens (tertiary/aromatic N) is 3. The molecule has 0 bridgehead atoms. The first-order valence-electron chi connectivity index (χ1n) is 10.7. The fourth-order valence-corrected chi connectivity index (χ4v) is 4.16. The van der Waals surface area contributed by atoms with Gasteiger partial charge in [0.2, 0.25) is 5.91 Å². The Kier molecular flexibility index (Phi) is 9.97. The van der Waals surface area contributed by atoms with Crippen LogP contribution in [0.1, 0.15) is 51.0 Å². The van der Waals surface area contributed by atoms with Crippen LogP contribution >= 0.6 is 24.0 Å². The van der Waals surface area contributed by atoms with Crippen LogP contribution < -0.4 is 5.32 Å². The highest BCUT2D eigenvalue weighted by atomic mass is 127. The molecule has 0 aliphatic carbocycles. The molecule has 2 heterocycles. The number of halogens is 1. The van der Waals surface area contributed by atoms with Gasteiger partial charge in [-0.2, -0.15) is 0 Å². The molecule has 160 valence electrons. The van der Waals surface area contributed by atoms with E-state index < -0.39 is 0 Å². The van der Waals surface area contributed by atoms with E-state index in [4.69, 9.17) is 0 Å². The fourth-order valence-electron chi connectivity index (χ4n) is 4.16. The number of hydrogen-bond donors (Lipinski definition) is 1. The van der Waals surface area contributed by atoms with Crippen molar-refractivity contribution < 1.29 is 4.79 Å². The predicted molar refractivity (Wildman–Crippen MR) is 132 cm³/mol. The van der Waals surface area contributed by atoms with Gasteiger partial charge >= 0.3 is 0 Å². The predicted octanol–water partition coefficient (Wildman–Crippen LogP) is 4.15. The van der Waals surface area contributed by atoms with Gasteiger partial charge in [0.1, 0.15) is 0 Å². The summed E-state index contributed by atoms with van der Waals surface area (Å²) in [5.41, 5.74) is 2.77. The van der Waals surface area contributed by atoms with Crippen LogP contribution in [0, 0.1) is 0 Å². The minimum atomic E-state index is 0. The van der Waals surface area contributed by atoms with Crippen LogP contribution in [-0.4, -0.2) is 60.9 Å². The number of aliphatic imine (C=N–C) groups is 1. The second kappa shape index (κ2) is 12.2. The lowest BCUT2D eigenvalue weighted by Gasteiger charge is -2.34. The molecular formula is C23H35IN4O. The van der Waals surface area contributed by atoms with E-state index in [1.807, 2.05) is 7.05 Å². The molecule has 29 heavy (non-hydrogen) atoms. The van der Waals surface area contributed by atoms with Crippen LogP contribution in [0.15, 0.2) is 40.9 Å². The molecule has 1 unspecified atom stereocenters. The third kappa shape index (κ3) is 7.01. The quantitative estimate of drug-likeness (QED) is 0.376. The van der Waals surface area contributed by atoms with E-state index in [1.54, 1.807) is 0 Å². The molecule has 1 aromatic rings. The van der Waals surface area contributed by atoms with Crippen molar-refractivity contribution in [2.45, 2.75) is 51.5 Å². The summed E-state index contributed by atoms with van der Waals surface area (Å²) in [6, 6.07) is 10.9. The standard InChI is InChI=1S/C23H34N4O.HI/c1-19-8-6-7-15-27(19)22(28)11-14-25-23(24-2)26-16-12-21(13-17-26)18-20-9-4-3-5-10-20;/h3-5,9-10,18-19H,6-8,11-17H2,1-2H3,(H,24,25);1H. The van der Waals surface area contributed by atoms with Crippen LogP contribution in [0.4, 0.5) is 0 Å². The first kappa shape index (κ1) is 23.7. The molecule has 1 aromatic carbocycles. The van der Waals surface area contributed by atoms with Crippen molar-refractivity contribution in [2.24, 2.45) is 4.99 Å². The Morgan fingerprint density at radius 2 is 1.90 bits per heavy atom. The largest absolute Gasteiger partial charge is 0.356 e. The number of piperidine rings is 2. The van der Waals surface area contributed by atoms with Gasteiger partial charge in [-0.25, -0.2) is 0 Å². The molecule has 0 saturated carbocycles. The molecule has 1 N–H and O–H groups in total. The van der Waals surface area contributed by atoms with Crippen molar-refractivity contribution >= 4 is 41.9 Å². The summed E-state index contributed by atoms with van der Waals surface area (Å²) in [6.07, 6.45) is 8.47. The summed E-state index contributed by atoms with van der Waals surface area (Å²) in [6.45, 7) is 5.66. The monoisotopic (exact) mass is 510 g/mol. The number of hydrogen-bond acceptors (Lipinski definition) is 2. The zero-order valence-electron chi connectivity index (χ0n) is 17.8. The van der Waals surface area contributed by atoms with Gasteiger partial charge in [0.25, 0.3) is 0 Å². The average molecular weight is 510 g/mol. The minimum absolute atomic E-state index is 0. The van der Waals surface area contributed by atoms with Crippen molar-refractivity contribution in [1.82, 2.24) is 15.1 Å². The Labute approximate surface area is 192 Å². The number of benzene rings is 1. The maximum Gasteiger partial charge on any atom is 0.224 e. The molecule has 5 nitrogen and oxygen atoms in total. The molecule has 1 amide bonds. The van der Waals surface area contributed by atoms with Crippen molar-refractivity contribution in [3.63, 3.8) is 0 Å². The number of nitrogens with one attached hydrogen (secondary N) is 1.